The minimum absolute atomic E-state index is 0.0540. The van der Waals surface area contributed by atoms with E-state index in [4.69, 9.17) is 10.5 Å². The molecule has 2 atom stereocenters. The molecule has 0 fully saturated rings. The summed E-state index contributed by atoms with van der Waals surface area (Å²) < 4.78 is 18.5. The average molecular weight is 310 g/mol. The van der Waals surface area contributed by atoms with Crippen LogP contribution in [0.2, 0.25) is 0 Å². The molecule has 0 saturated heterocycles. The Bertz CT molecular complexity index is 294. The first kappa shape index (κ1) is 16.8. The highest BCUT2D eigenvalue weighted by molar-refractivity contribution is 9.09. The molecule has 0 radical (unpaired) electrons. The molecule has 1 aliphatic rings. The lowest BCUT2D eigenvalue weighted by Crippen LogP contribution is -2.50. The lowest BCUT2D eigenvalue weighted by molar-refractivity contribution is 0.105. The molecule has 0 aliphatic heterocycles. The Hall–Kier alpha value is -0.230. The molecular formula is C12H21BrFNO2. The van der Waals surface area contributed by atoms with E-state index in [2.05, 4.69) is 15.9 Å². The van der Waals surface area contributed by atoms with Gasteiger partial charge in [0.2, 0.25) is 0 Å². The Balaban J connectivity index is 0.00000121. The predicted molar refractivity (Wildman–Crippen MR) is 71.8 cm³/mol. The van der Waals surface area contributed by atoms with Crippen LogP contribution < -0.4 is 5.73 Å². The van der Waals surface area contributed by atoms with Crippen molar-refractivity contribution in [3.63, 3.8) is 0 Å². The monoisotopic (exact) mass is 309 g/mol. The van der Waals surface area contributed by atoms with E-state index in [9.17, 15) is 9.50 Å². The summed E-state index contributed by atoms with van der Waals surface area (Å²) in [6.07, 6.45) is 3.73. The largest absolute Gasteiger partial charge is 0.394 e. The topological polar surface area (TPSA) is 55.5 Å². The fourth-order valence-electron chi connectivity index (χ4n) is 1.52. The third-order valence-corrected chi connectivity index (χ3v) is 2.99. The van der Waals surface area contributed by atoms with E-state index in [1.165, 1.54) is 13.2 Å². The van der Waals surface area contributed by atoms with Crippen LogP contribution in [0.25, 0.3) is 0 Å². The summed E-state index contributed by atoms with van der Waals surface area (Å²) in [6.45, 7) is 3.73. The fraction of sp³-hybridized carbons (Fsp3) is 0.667. The summed E-state index contributed by atoms with van der Waals surface area (Å²) in [5.74, 6) is -0.376. The maximum atomic E-state index is 13.6. The number of ether oxygens (including phenoxy) is 1. The van der Waals surface area contributed by atoms with Gasteiger partial charge in [-0.1, -0.05) is 35.9 Å². The maximum absolute atomic E-state index is 13.6. The summed E-state index contributed by atoms with van der Waals surface area (Å²) in [5.41, 5.74) is 5.03. The van der Waals surface area contributed by atoms with Crippen LogP contribution in [-0.2, 0) is 4.74 Å². The first-order chi connectivity index (χ1) is 8.03. The summed E-state index contributed by atoms with van der Waals surface area (Å²) >= 11 is 3.36. The Morgan fingerprint density at radius 1 is 1.65 bits per heavy atom. The standard InChI is InChI=1S/C10H15BrFNO2.C2H6/c1-15-6-10(13,5-14)8-4-7(11)2-3-9(8)12;1-2/h3-4,7,14H,2,5-6,13H2,1H3;1-2H3/t7-,10+;/m0./s1. The van der Waals surface area contributed by atoms with Gasteiger partial charge in [0.05, 0.1) is 18.8 Å². The highest BCUT2D eigenvalue weighted by Gasteiger charge is 2.33. The number of methoxy groups -OCH3 is 1. The quantitative estimate of drug-likeness (QED) is 0.783. The van der Waals surface area contributed by atoms with Gasteiger partial charge in [-0.15, -0.1) is 0 Å². The molecule has 0 aromatic rings. The third-order valence-electron chi connectivity index (χ3n) is 2.35. The molecule has 100 valence electrons. The first-order valence-electron chi connectivity index (χ1n) is 5.64. The first-order valence-corrected chi connectivity index (χ1v) is 6.56. The molecule has 0 saturated carbocycles. The molecule has 3 nitrogen and oxygen atoms in total. The van der Waals surface area contributed by atoms with E-state index < -0.39 is 5.54 Å². The molecule has 0 aromatic carbocycles. The second-order valence-electron chi connectivity index (χ2n) is 3.63. The van der Waals surface area contributed by atoms with Crippen LogP contribution in [0.5, 0.6) is 0 Å². The van der Waals surface area contributed by atoms with E-state index in [1.54, 1.807) is 6.08 Å². The highest BCUT2D eigenvalue weighted by atomic mass is 79.9. The highest BCUT2D eigenvalue weighted by Crippen LogP contribution is 2.30. The number of aliphatic hydroxyl groups is 1. The summed E-state index contributed by atoms with van der Waals surface area (Å²) in [7, 11) is 1.47. The molecule has 0 aromatic heterocycles. The van der Waals surface area contributed by atoms with Gasteiger partial charge < -0.3 is 15.6 Å². The summed E-state index contributed by atoms with van der Waals surface area (Å²) in [6, 6.07) is 0. The number of hydrogen-bond donors (Lipinski definition) is 2. The number of aliphatic hydroxyl groups excluding tert-OH is 1. The normalized spacial score (nSPS) is 22.9. The molecule has 0 unspecified atom stereocenters. The van der Waals surface area contributed by atoms with Crippen molar-refractivity contribution in [1.82, 2.24) is 0 Å². The van der Waals surface area contributed by atoms with Crippen LogP contribution in [0.4, 0.5) is 4.39 Å². The van der Waals surface area contributed by atoms with Crippen molar-refractivity contribution in [2.75, 3.05) is 20.3 Å². The molecule has 0 amide bonds. The minimum Gasteiger partial charge on any atom is -0.394 e. The Morgan fingerprint density at radius 3 is 2.71 bits per heavy atom. The van der Waals surface area contributed by atoms with Gasteiger partial charge >= 0.3 is 0 Å². The summed E-state index contributed by atoms with van der Waals surface area (Å²) in [4.78, 5) is 0.0540. The SMILES string of the molecule is CC.COC[C@](N)(CO)C1=C[C@@H](Br)CC=C1F. The van der Waals surface area contributed by atoms with E-state index in [1.807, 2.05) is 13.8 Å². The van der Waals surface area contributed by atoms with Gasteiger partial charge in [0.1, 0.15) is 5.83 Å². The zero-order valence-corrected chi connectivity index (χ0v) is 12.1. The van der Waals surface area contributed by atoms with Crippen LogP contribution >= 0.6 is 15.9 Å². The van der Waals surface area contributed by atoms with Crippen molar-refractivity contribution in [2.24, 2.45) is 5.73 Å². The Morgan fingerprint density at radius 2 is 2.24 bits per heavy atom. The maximum Gasteiger partial charge on any atom is 0.124 e. The van der Waals surface area contributed by atoms with Crippen molar-refractivity contribution in [2.45, 2.75) is 30.6 Å². The number of hydrogen-bond acceptors (Lipinski definition) is 3. The molecule has 1 rings (SSSR count). The molecule has 5 heteroatoms. The zero-order valence-electron chi connectivity index (χ0n) is 10.5. The van der Waals surface area contributed by atoms with Gasteiger partial charge in [0.15, 0.2) is 0 Å². The van der Waals surface area contributed by atoms with Gasteiger partial charge in [0, 0.05) is 17.5 Å². The van der Waals surface area contributed by atoms with Crippen LogP contribution in [-0.4, -0.2) is 35.8 Å². The molecule has 0 spiro atoms. The van der Waals surface area contributed by atoms with Gasteiger partial charge in [-0.2, -0.15) is 0 Å². The lowest BCUT2D eigenvalue weighted by Gasteiger charge is -2.30. The van der Waals surface area contributed by atoms with Crippen molar-refractivity contribution in [3.05, 3.63) is 23.6 Å². The van der Waals surface area contributed by atoms with E-state index in [0.29, 0.717) is 12.0 Å². The Kier molecular flexibility index (Phi) is 7.87. The number of rotatable bonds is 4. The number of halogens is 2. The van der Waals surface area contributed by atoms with Gasteiger partial charge in [-0.3, -0.25) is 0 Å². The number of alkyl halides is 1. The average Bonchev–Trinajstić information content (AvgIpc) is 2.35. The van der Waals surface area contributed by atoms with E-state index >= 15 is 0 Å². The smallest absolute Gasteiger partial charge is 0.124 e. The second-order valence-corrected chi connectivity index (χ2v) is 4.81. The molecular weight excluding hydrogens is 289 g/mol. The predicted octanol–water partition coefficient (Wildman–Crippen LogP) is 2.30. The second kappa shape index (κ2) is 7.97. The van der Waals surface area contributed by atoms with Gasteiger partial charge in [0.25, 0.3) is 0 Å². The Labute approximate surface area is 111 Å². The molecule has 17 heavy (non-hydrogen) atoms. The zero-order chi connectivity index (χ0) is 13.5. The fourth-order valence-corrected chi connectivity index (χ4v) is 1.98. The van der Waals surface area contributed by atoms with Crippen LogP contribution in [0.15, 0.2) is 23.6 Å². The van der Waals surface area contributed by atoms with Crippen molar-refractivity contribution < 1.29 is 14.2 Å². The van der Waals surface area contributed by atoms with E-state index in [0.717, 1.165) is 0 Å². The molecule has 1 aliphatic carbocycles. The molecule has 0 heterocycles. The number of nitrogens with two attached hydrogens (primary N) is 1. The van der Waals surface area contributed by atoms with Crippen molar-refractivity contribution in [3.8, 4) is 0 Å². The summed E-state index contributed by atoms with van der Waals surface area (Å²) in [5, 5.41) is 9.22. The lowest BCUT2D eigenvalue weighted by atomic mass is 9.87. The van der Waals surface area contributed by atoms with Crippen LogP contribution in [0.3, 0.4) is 0 Å². The third kappa shape index (κ3) is 4.50. The van der Waals surface area contributed by atoms with Gasteiger partial charge in [-0.05, 0) is 12.5 Å². The van der Waals surface area contributed by atoms with Crippen LogP contribution in [0, 0.1) is 0 Å². The number of allylic oxidation sites excluding steroid dienone is 2. The minimum atomic E-state index is -1.16. The molecule has 0 bridgehead atoms. The van der Waals surface area contributed by atoms with Crippen molar-refractivity contribution in [1.29, 1.82) is 0 Å². The van der Waals surface area contributed by atoms with Gasteiger partial charge in [-0.25, -0.2) is 4.39 Å². The van der Waals surface area contributed by atoms with Crippen molar-refractivity contribution >= 4 is 15.9 Å². The van der Waals surface area contributed by atoms with Crippen LogP contribution in [0.1, 0.15) is 20.3 Å². The van der Waals surface area contributed by atoms with E-state index in [-0.39, 0.29) is 23.9 Å². The molecule has 3 N–H and O–H groups in total.